The van der Waals surface area contributed by atoms with Crippen LogP contribution >= 0.6 is 0 Å². The summed E-state index contributed by atoms with van der Waals surface area (Å²) in [5, 5.41) is 9.85. The summed E-state index contributed by atoms with van der Waals surface area (Å²) in [6, 6.07) is 6.52. The Balaban J connectivity index is 1.15. The molecule has 2 aliphatic heterocycles. The summed E-state index contributed by atoms with van der Waals surface area (Å²) in [7, 11) is 0. The molecular weight excluding hydrogens is 376 g/mol. The van der Waals surface area contributed by atoms with Gasteiger partial charge in [0.25, 0.3) is 0 Å². The molecule has 4 rings (SSSR count). The van der Waals surface area contributed by atoms with Crippen molar-refractivity contribution in [2.75, 3.05) is 25.0 Å². The molecule has 1 saturated heterocycles. The summed E-state index contributed by atoms with van der Waals surface area (Å²) >= 11 is 0. The average Bonchev–Trinajstić information content (AvgIpc) is 3.20. The number of anilines is 1. The molecule has 164 valence electrons. The SMILES string of the molecule is Cc1cccc2c1NC(C(=O)NC1CCC(NC(=O)CCN3CCCCC3)CC1)C2. The van der Waals surface area contributed by atoms with Crippen LogP contribution in [0.5, 0.6) is 0 Å². The normalized spacial score (nSPS) is 26.5. The Hall–Kier alpha value is -2.08. The van der Waals surface area contributed by atoms with Crippen LogP contribution in [-0.2, 0) is 16.0 Å². The van der Waals surface area contributed by atoms with Crippen LogP contribution in [0.3, 0.4) is 0 Å². The van der Waals surface area contributed by atoms with Gasteiger partial charge in [0.1, 0.15) is 6.04 Å². The molecule has 30 heavy (non-hydrogen) atoms. The van der Waals surface area contributed by atoms with Crippen LogP contribution in [0.15, 0.2) is 18.2 Å². The Labute approximate surface area is 180 Å². The molecule has 1 saturated carbocycles. The van der Waals surface area contributed by atoms with Crippen LogP contribution in [0.1, 0.15) is 62.5 Å². The number of rotatable bonds is 6. The van der Waals surface area contributed by atoms with E-state index in [0.717, 1.165) is 57.4 Å². The number of benzene rings is 1. The Bertz CT molecular complexity index is 752. The largest absolute Gasteiger partial charge is 0.373 e. The Morgan fingerprint density at radius 2 is 1.73 bits per heavy atom. The summed E-state index contributed by atoms with van der Waals surface area (Å²) < 4.78 is 0. The van der Waals surface area contributed by atoms with Crippen molar-refractivity contribution < 1.29 is 9.59 Å². The third-order valence-electron chi connectivity index (χ3n) is 6.96. The fourth-order valence-electron chi connectivity index (χ4n) is 5.13. The smallest absolute Gasteiger partial charge is 0.243 e. The van der Waals surface area contributed by atoms with Gasteiger partial charge in [-0.25, -0.2) is 0 Å². The van der Waals surface area contributed by atoms with Gasteiger partial charge in [-0.3, -0.25) is 9.59 Å². The lowest BCUT2D eigenvalue weighted by atomic mass is 9.90. The van der Waals surface area contributed by atoms with Crippen molar-refractivity contribution in [3.8, 4) is 0 Å². The maximum Gasteiger partial charge on any atom is 0.243 e. The van der Waals surface area contributed by atoms with Crippen LogP contribution < -0.4 is 16.0 Å². The number of fused-ring (bicyclic) bond motifs is 1. The van der Waals surface area contributed by atoms with Crippen molar-refractivity contribution in [2.24, 2.45) is 0 Å². The first-order chi connectivity index (χ1) is 14.6. The van der Waals surface area contributed by atoms with Crippen LogP contribution in [0.25, 0.3) is 0 Å². The summed E-state index contributed by atoms with van der Waals surface area (Å²) in [5.74, 6) is 0.274. The van der Waals surface area contributed by atoms with Gasteiger partial charge >= 0.3 is 0 Å². The molecule has 1 unspecified atom stereocenters. The fourth-order valence-corrected chi connectivity index (χ4v) is 5.13. The van der Waals surface area contributed by atoms with Gasteiger partial charge in [0, 0.05) is 37.2 Å². The van der Waals surface area contributed by atoms with Gasteiger partial charge in [-0.05, 0) is 69.7 Å². The highest BCUT2D eigenvalue weighted by molar-refractivity contribution is 5.88. The number of amides is 2. The standard InChI is InChI=1S/C24H36N4O2/c1-17-6-5-7-18-16-21(27-23(17)18)24(30)26-20-10-8-19(9-11-20)25-22(29)12-15-28-13-3-2-4-14-28/h5-7,19-21,27H,2-4,8-16H2,1H3,(H,25,29)(H,26,30). The number of nitrogens with zero attached hydrogens (tertiary/aromatic N) is 1. The number of hydrogen-bond acceptors (Lipinski definition) is 4. The monoisotopic (exact) mass is 412 g/mol. The molecule has 1 aliphatic carbocycles. The molecule has 2 amide bonds. The summed E-state index contributed by atoms with van der Waals surface area (Å²) in [6.45, 7) is 5.24. The van der Waals surface area contributed by atoms with Crippen LogP contribution in [-0.4, -0.2) is 54.5 Å². The first-order valence-electron chi connectivity index (χ1n) is 11.8. The van der Waals surface area contributed by atoms with Gasteiger partial charge in [0.2, 0.25) is 11.8 Å². The van der Waals surface area contributed by atoms with Crippen molar-refractivity contribution >= 4 is 17.5 Å². The lowest BCUT2D eigenvalue weighted by Gasteiger charge is -2.31. The summed E-state index contributed by atoms with van der Waals surface area (Å²) in [4.78, 5) is 27.5. The number of hydrogen-bond donors (Lipinski definition) is 3. The van der Waals surface area contributed by atoms with Crippen molar-refractivity contribution in [1.29, 1.82) is 0 Å². The molecule has 1 atom stereocenters. The molecule has 3 N–H and O–H groups in total. The maximum absolute atomic E-state index is 12.7. The van der Waals surface area contributed by atoms with Crippen molar-refractivity contribution in [1.82, 2.24) is 15.5 Å². The summed E-state index contributed by atoms with van der Waals surface area (Å²) in [5.41, 5.74) is 3.54. The van der Waals surface area contributed by atoms with Crippen LogP contribution in [0.2, 0.25) is 0 Å². The number of carbonyl (C=O) groups is 2. The number of aryl methyl sites for hydroxylation is 1. The zero-order valence-electron chi connectivity index (χ0n) is 18.2. The van der Waals surface area contributed by atoms with E-state index in [9.17, 15) is 9.59 Å². The molecule has 2 heterocycles. The molecule has 3 aliphatic rings. The van der Waals surface area contributed by atoms with E-state index in [0.29, 0.717) is 6.42 Å². The van der Waals surface area contributed by atoms with Crippen LogP contribution in [0.4, 0.5) is 5.69 Å². The molecule has 6 heteroatoms. The molecule has 0 bridgehead atoms. The van der Waals surface area contributed by atoms with Gasteiger partial charge in [-0.15, -0.1) is 0 Å². The van der Waals surface area contributed by atoms with Gasteiger partial charge in [-0.2, -0.15) is 0 Å². The second-order valence-corrected chi connectivity index (χ2v) is 9.29. The fraction of sp³-hybridized carbons (Fsp3) is 0.667. The molecule has 1 aromatic carbocycles. The molecule has 1 aromatic rings. The highest BCUT2D eigenvalue weighted by Gasteiger charge is 2.30. The second-order valence-electron chi connectivity index (χ2n) is 9.29. The van der Waals surface area contributed by atoms with Crippen molar-refractivity contribution in [3.63, 3.8) is 0 Å². The quantitative estimate of drug-likeness (QED) is 0.672. The van der Waals surface area contributed by atoms with Gasteiger partial charge < -0.3 is 20.9 Å². The van der Waals surface area contributed by atoms with Crippen molar-refractivity contribution in [2.45, 2.75) is 82.8 Å². The minimum Gasteiger partial charge on any atom is -0.373 e. The predicted octanol–water partition coefficient (Wildman–Crippen LogP) is 2.75. The van der Waals surface area contributed by atoms with E-state index < -0.39 is 0 Å². The molecule has 6 nitrogen and oxygen atoms in total. The Morgan fingerprint density at radius 3 is 2.43 bits per heavy atom. The van der Waals surface area contributed by atoms with Gasteiger partial charge in [-0.1, -0.05) is 24.6 Å². The molecule has 2 fully saturated rings. The van der Waals surface area contributed by atoms with E-state index in [1.54, 1.807) is 0 Å². The number of likely N-dealkylation sites (tertiary alicyclic amines) is 1. The van der Waals surface area contributed by atoms with Gasteiger partial charge in [0.05, 0.1) is 0 Å². The van der Waals surface area contributed by atoms with E-state index in [1.807, 2.05) is 0 Å². The number of nitrogens with one attached hydrogen (secondary N) is 3. The third kappa shape index (κ3) is 5.34. The number of piperidine rings is 1. The van der Waals surface area contributed by atoms with Crippen molar-refractivity contribution in [3.05, 3.63) is 29.3 Å². The molecule has 0 spiro atoms. The van der Waals surface area contributed by atoms with E-state index in [2.05, 4.69) is 46.0 Å². The topological polar surface area (TPSA) is 73.5 Å². The average molecular weight is 413 g/mol. The zero-order chi connectivity index (χ0) is 20.9. The predicted molar refractivity (Wildman–Crippen MR) is 120 cm³/mol. The first kappa shape index (κ1) is 21.2. The zero-order valence-corrected chi connectivity index (χ0v) is 18.2. The Morgan fingerprint density at radius 1 is 1.03 bits per heavy atom. The second kappa shape index (κ2) is 9.82. The number of para-hydroxylation sites is 1. The minimum atomic E-state index is -0.173. The molecule has 0 aromatic heterocycles. The lowest BCUT2D eigenvalue weighted by molar-refractivity contribution is -0.124. The highest BCUT2D eigenvalue weighted by Crippen LogP contribution is 2.29. The number of carbonyl (C=O) groups excluding carboxylic acids is 2. The van der Waals surface area contributed by atoms with E-state index >= 15 is 0 Å². The van der Waals surface area contributed by atoms with E-state index in [1.165, 1.54) is 30.4 Å². The third-order valence-corrected chi connectivity index (χ3v) is 6.96. The molecule has 0 radical (unpaired) electrons. The van der Waals surface area contributed by atoms with E-state index in [4.69, 9.17) is 0 Å². The highest BCUT2D eigenvalue weighted by atomic mass is 16.2. The summed E-state index contributed by atoms with van der Waals surface area (Å²) in [6.07, 6.45) is 8.96. The van der Waals surface area contributed by atoms with Crippen LogP contribution in [0, 0.1) is 6.92 Å². The van der Waals surface area contributed by atoms with Gasteiger partial charge in [0.15, 0.2) is 0 Å². The lowest BCUT2D eigenvalue weighted by Crippen LogP contribution is -2.48. The maximum atomic E-state index is 12.7. The molecular formula is C24H36N4O2. The first-order valence-corrected chi connectivity index (χ1v) is 11.8. The minimum absolute atomic E-state index is 0.0969. The Kier molecular flexibility index (Phi) is 6.93. The van der Waals surface area contributed by atoms with E-state index in [-0.39, 0.29) is 29.9 Å².